The van der Waals surface area contributed by atoms with E-state index in [-0.39, 0.29) is 55.1 Å². The summed E-state index contributed by atoms with van der Waals surface area (Å²) in [4.78, 5) is 31.4. The molecule has 1 saturated heterocycles. The van der Waals surface area contributed by atoms with Crippen LogP contribution in [0, 0.1) is 5.92 Å². The van der Waals surface area contributed by atoms with Crippen LogP contribution < -0.4 is 19.6 Å². The number of carbonyl (C=O) groups excluding carboxylic acids is 2. The highest BCUT2D eigenvalue weighted by Crippen LogP contribution is 2.47. The van der Waals surface area contributed by atoms with Crippen LogP contribution in [0.1, 0.15) is 41.3 Å². The fourth-order valence-electron chi connectivity index (χ4n) is 8.55. The summed E-state index contributed by atoms with van der Waals surface area (Å²) in [6.07, 6.45) is 1.55. The molecule has 2 heterocycles. The van der Waals surface area contributed by atoms with Gasteiger partial charge in [-0.15, -0.1) is 0 Å². The number of hydrogen-bond acceptors (Lipinski definition) is 6. The van der Waals surface area contributed by atoms with E-state index in [4.69, 9.17) is 14.2 Å². The number of para-hydroxylation sites is 3. The van der Waals surface area contributed by atoms with Crippen molar-refractivity contribution in [1.82, 2.24) is 4.90 Å². The lowest BCUT2D eigenvalue weighted by atomic mass is 9.95. The van der Waals surface area contributed by atoms with E-state index in [0.717, 1.165) is 35.4 Å². The number of methoxy groups -OCH3 is 1. The minimum atomic E-state index is -2.19. The van der Waals surface area contributed by atoms with E-state index in [9.17, 15) is 14.7 Å². The number of fused-ring (bicyclic) bond motifs is 2. The van der Waals surface area contributed by atoms with Crippen molar-refractivity contribution in [2.24, 2.45) is 5.92 Å². The van der Waals surface area contributed by atoms with Crippen LogP contribution in [0.5, 0.6) is 17.2 Å². The molecule has 7 rings (SSSR count). The van der Waals surface area contributed by atoms with Gasteiger partial charge in [0.2, 0.25) is 5.91 Å². The number of carbonyl (C=O) groups is 2. The van der Waals surface area contributed by atoms with Gasteiger partial charge in [0, 0.05) is 18.8 Å². The number of anilines is 2. The minimum Gasteiger partial charge on any atom is -0.497 e. The molecule has 1 N–H and O–H groups in total. The average Bonchev–Trinajstić information content (AvgIpc) is 3.46. The van der Waals surface area contributed by atoms with E-state index in [2.05, 4.69) is 44.3 Å². The second-order valence-corrected chi connectivity index (χ2v) is 19.9. The van der Waals surface area contributed by atoms with Gasteiger partial charge in [-0.05, 0) is 84.0 Å². The summed E-state index contributed by atoms with van der Waals surface area (Å²) in [5, 5.41) is 11.2. The van der Waals surface area contributed by atoms with Crippen molar-refractivity contribution in [2.75, 3.05) is 25.2 Å². The monoisotopic (exact) mass is 754 g/mol. The fourth-order valence-corrected chi connectivity index (χ4v) is 12.6. The molecular formula is C46H50N2O6Si. The lowest BCUT2D eigenvalue weighted by molar-refractivity contribution is -0.135. The van der Waals surface area contributed by atoms with Gasteiger partial charge < -0.3 is 24.2 Å². The lowest BCUT2D eigenvalue weighted by Crippen LogP contribution is -2.51. The zero-order valence-electron chi connectivity index (χ0n) is 32.1. The predicted octanol–water partition coefficient (Wildman–Crippen LogP) is 8.51. The van der Waals surface area contributed by atoms with Gasteiger partial charge in [-0.2, -0.15) is 0 Å². The van der Waals surface area contributed by atoms with Crippen molar-refractivity contribution in [2.45, 2.75) is 63.6 Å². The normalized spacial score (nSPS) is 19.2. The van der Waals surface area contributed by atoms with Crippen LogP contribution in [0.15, 0.2) is 127 Å². The third kappa shape index (κ3) is 8.10. The molecule has 2 aliphatic heterocycles. The molecule has 5 aromatic carbocycles. The number of amides is 2. The van der Waals surface area contributed by atoms with E-state index < -0.39 is 8.07 Å². The topological polar surface area (TPSA) is 88.5 Å². The van der Waals surface area contributed by atoms with Gasteiger partial charge in [-0.25, -0.2) is 0 Å². The largest absolute Gasteiger partial charge is 0.497 e. The number of ether oxygens (including phenoxy) is 3. The third-order valence-corrected chi connectivity index (χ3v) is 15.8. The zero-order valence-corrected chi connectivity index (χ0v) is 33.1. The Kier molecular flexibility index (Phi) is 11.5. The SMILES string of the molecule is COc1ccc([Si](C)(C)[C@@H]2[C@@H](C)[C@@H](CCc3ccc(N4C(=O)c5ccccc5Oc5ccccc54)cc3)O[C@H]2CC(=O)N(CCO)Cc2ccccc2)cc1. The molecule has 0 unspecified atom stereocenters. The van der Waals surface area contributed by atoms with Crippen molar-refractivity contribution in [1.29, 1.82) is 0 Å². The fraction of sp³-hybridized carbons (Fsp3) is 0.304. The smallest absolute Gasteiger partial charge is 0.266 e. The van der Waals surface area contributed by atoms with Crippen LogP contribution in [0.4, 0.5) is 11.4 Å². The first kappa shape index (κ1) is 38.1. The van der Waals surface area contributed by atoms with E-state index in [1.54, 1.807) is 23.0 Å². The molecule has 0 spiro atoms. The number of hydrogen-bond donors (Lipinski definition) is 1. The number of aliphatic hydroxyl groups is 1. The number of benzene rings is 5. The van der Waals surface area contributed by atoms with Crippen molar-refractivity contribution in [3.63, 3.8) is 0 Å². The molecule has 2 aliphatic rings. The second-order valence-electron chi connectivity index (χ2n) is 15.2. The molecule has 4 atom stereocenters. The van der Waals surface area contributed by atoms with E-state index >= 15 is 0 Å². The molecule has 1 fully saturated rings. The summed E-state index contributed by atoms with van der Waals surface area (Å²) >= 11 is 0. The molecule has 0 radical (unpaired) electrons. The van der Waals surface area contributed by atoms with Gasteiger partial charge in [0.05, 0.1) is 51.7 Å². The highest BCUT2D eigenvalue weighted by atomic mass is 28.3. The Labute approximate surface area is 325 Å². The second kappa shape index (κ2) is 16.6. The molecule has 284 valence electrons. The zero-order chi connectivity index (χ0) is 38.5. The first-order chi connectivity index (χ1) is 26.7. The molecule has 8 nitrogen and oxygen atoms in total. The van der Waals surface area contributed by atoms with E-state index in [1.807, 2.05) is 97.1 Å². The summed E-state index contributed by atoms with van der Waals surface area (Å²) in [6.45, 7) is 7.68. The van der Waals surface area contributed by atoms with Crippen LogP contribution in [-0.2, 0) is 22.5 Å². The number of aliphatic hydroxyl groups excluding tert-OH is 1. The standard InChI is InChI=1S/C46H50N2O6Si/c1-32-40(27-20-33-18-21-35(22-19-33)48-39-15-9-11-17-42(39)54-41-16-10-8-14-38(41)46(48)51)53-43(45(32)55(3,4)37-25-23-36(52-2)24-26-37)30-44(50)47(28-29-49)31-34-12-6-5-7-13-34/h5-19,21-26,32,40,43,45,49H,20,27-31H2,1-4H3/t32-,40+,43-,45+/m0/s1. The summed E-state index contributed by atoms with van der Waals surface area (Å²) in [6, 6.07) is 41.5. The number of rotatable bonds is 13. The Morgan fingerprint density at radius 3 is 2.20 bits per heavy atom. The molecule has 0 aromatic heterocycles. The molecule has 9 heteroatoms. The van der Waals surface area contributed by atoms with Crippen LogP contribution in [-0.4, -0.2) is 62.4 Å². The maximum absolute atomic E-state index is 14.0. The minimum absolute atomic E-state index is 0.00599. The quantitative estimate of drug-likeness (QED) is 0.121. The van der Waals surface area contributed by atoms with Crippen LogP contribution in [0.3, 0.4) is 0 Å². The van der Waals surface area contributed by atoms with Crippen molar-refractivity contribution < 1.29 is 28.9 Å². The van der Waals surface area contributed by atoms with Gasteiger partial charge in [0.25, 0.3) is 5.91 Å². The molecule has 0 saturated carbocycles. The Bertz CT molecular complexity index is 2090. The van der Waals surface area contributed by atoms with Crippen LogP contribution in [0.2, 0.25) is 18.6 Å². The maximum atomic E-state index is 14.0. The first-order valence-corrected chi connectivity index (χ1v) is 22.3. The highest BCUT2D eigenvalue weighted by Gasteiger charge is 2.51. The molecule has 0 aliphatic carbocycles. The van der Waals surface area contributed by atoms with Gasteiger partial charge >= 0.3 is 0 Å². The van der Waals surface area contributed by atoms with Crippen LogP contribution in [0.25, 0.3) is 0 Å². The van der Waals surface area contributed by atoms with Crippen LogP contribution >= 0.6 is 0 Å². The van der Waals surface area contributed by atoms with Crippen molar-refractivity contribution >= 4 is 36.4 Å². The maximum Gasteiger partial charge on any atom is 0.266 e. The molecule has 2 amide bonds. The molecular weight excluding hydrogens is 705 g/mol. The Balaban J connectivity index is 1.11. The van der Waals surface area contributed by atoms with Gasteiger partial charge in [0.1, 0.15) is 11.5 Å². The average molecular weight is 755 g/mol. The Morgan fingerprint density at radius 1 is 0.818 bits per heavy atom. The van der Waals surface area contributed by atoms with Crippen molar-refractivity contribution in [3.05, 3.63) is 144 Å². The predicted molar refractivity (Wildman–Crippen MR) is 219 cm³/mol. The number of nitrogens with zero attached hydrogens (tertiary/aromatic N) is 2. The number of aryl methyl sites for hydroxylation is 1. The van der Waals surface area contributed by atoms with Crippen molar-refractivity contribution in [3.8, 4) is 17.2 Å². The van der Waals surface area contributed by atoms with Gasteiger partial charge in [0.15, 0.2) is 5.75 Å². The lowest BCUT2D eigenvalue weighted by Gasteiger charge is -2.36. The highest BCUT2D eigenvalue weighted by molar-refractivity contribution is 6.91. The van der Waals surface area contributed by atoms with E-state index in [0.29, 0.717) is 29.3 Å². The summed E-state index contributed by atoms with van der Waals surface area (Å²) in [5.41, 5.74) is 4.33. The summed E-state index contributed by atoms with van der Waals surface area (Å²) < 4.78 is 18.6. The van der Waals surface area contributed by atoms with Gasteiger partial charge in [-0.1, -0.05) is 104 Å². The first-order valence-electron chi connectivity index (χ1n) is 19.2. The molecule has 0 bridgehead atoms. The summed E-state index contributed by atoms with van der Waals surface area (Å²) in [7, 11) is -0.513. The Morgan fingerprint density at radius 2 is 1.49 bits per heavy atom. The summed E-state index contributed by atoms with van der Waals surface area (Å²) in [5.74, 6) is 2.06. The Hall–Kier alpha value is -5.22. The molecule has 5 aromatic rings. The van der Waals surface area contributed by atoms with Gasteiger partial charge in [-0.3, -0.25) is 14.5 Å². The van der Waals surface area contributed by atoms with E-state index in [1.165, 1.54) is 5.19 Å². The third-order valence-electron chi connectivity index (χ3n) is 11.4. The molecule has 55 heavy (non-hydrogen) atoms.